The Labute approximate surface area is 156 Å². The van der Waals surface area contributed by atoms with Crippen LogP contribution in [0.3, 0.4) is 0 Å². The van der Waals surface area contributed by atoms with Gasteiger partial charge in [0.25, 0.3) is 0 Å². The molecule has 6 heteroatoms. The topological polar surface area (TPSA) is 85.9 Å². The van der Waals surface area contributed by atoms with Crippen LogP contribution < -0.4 is 10.5 Å². The van der Waals surface area contributed by atoms with Gasteiger partial charge in [-0.05, 0) is 42.0 Å². The molecular formula is C21H19N3O3. The van der Waals surface area contributed by atoms with Gasteiger partial charge in [0.1, 0.15) is 11.5 Å². The van der Waals surface area contributed by atoms with Crippen LogP contribution in [-0.2, 0) is 6.54 Å². The van der Waals surface area contributed by atoms with E-state index in [1.165, 1.54) is 0 Å². The first-order valence-corrected chi connectivity index (χ1v) is 8.49. The fourth-order valence-electron chi connectivity index (χ4n) is 3.20. The number of furan rings is 1. The summed E-state index contributed by atoms with van der Waals surface area (Å²) in [6.45, 7) is 0.513. The number of oxime groups is 1. The summed E-state index contributed by atoms with van der Waals surface area (Å²) in [4.78, 5) is 0. The third-order valence-electron chi connectivity index (χ3n) is 4.51. The third-order valence-corrected chi connectivity index (χ3v) is 4.51. The van der Waals surface area contributed by atoms with E-state index in [4.69, 9.17) is 20.1 Å². The number of ether oxygens (including phenoxy) is 1. The lowest BCUT2D eigenvalue weighted by atomic mass is 10.1. The summed E-state index contributed by atoms with van der Waals surface area (Å²) in [6, 6.07) is 21.8. The van der Waals surface area contributed by atoms with Crippen molar-refractivity contribution < 1.29 is 14.4 Å². The summed E-state index contributed by atoms with van der Waals surface area (Å²) in [5.41, 5.74) is 8.85. The predicted octanol–water partition coefficient (Wildman–Crippen LogP) is 4.05. The van der Waals surface area contributed by atoms with Gasteiger partial charge in [-0.25, -0.2) is 0 Å². The van der Waals surface area contributed by atoms with E-state index in [9.17, 15) is 0 Å². The Kier molecular flexibility index (Phi) is 4.30. The lowest BCUT2D eigenvalue weighted by Crippen LogP contribution is -2.11. The van der Waals surface area contributed by atoms with Crippen molar-refractivity contribution in [3.05, 3.63) is 78.3 Å². The number of hydrogen-bond acceptors (Lipinski definition) is 4. The Balaban J connectivity index is 1.83. The number of amidine groups is 1. The molecule has 0 aliphatic carbocycles. The standard InChI is InChI=1S/C21H19N3O3/c1-26-16-7-9-18-15(11-16)12-19(14-5-3-2-4-6-14)24(18)13-17-8-10-20(27-17)21(22)23-25/h2-12,25H,13H2,1H3,(H2,22,23). The fraction of sp³-hybridized carbons (Fsp3) is 0.0952. The first-order valence-electron chi connectivity index (χ1n) is 8.49. The minimum Gasteiger partial charge on any atom is -0.497 e. The molecule has 27 heavy (non-hydrogen) atoms. The second-order valence-electron chi connectivity index (χ2n) is 6.16. The van der Waals surface area contributed by atoms with Crippen molar-refractivity contribution in [1.29, 1.82) is 0 Å². The molecule has 0 spiro atoms. The van der Waals surface area contributed by atoms with Crippen molar-refractivity contribution in [2.45, 2.75) is 6.54 Å². The number of nitrogens with two attached hydrogens (primary N) is 1. The first-order chi connectivity index (χ1) is 13.2. The van der Waals surface area contributed by atoms with Crippen molar-refractivity contribution in [2.75, 3.05) is 7.11 Å². The molecule has 0 unspecified atom stereocenters. The predicted molar refractivity (Wildman–Crippen MR) is 104 cm³/mol. The van der Waals surface area contributed by atoms with E-state index in [0.29, 0.717) is 18.1 Å². The molecule has 0 aliphatic heterocycles. The average Bonchev–Trinajstić information content (AvgIpc) is 3.33. The third kappa shape index (κ3) is 3.13. The monoisotopic (exact) mass is 361 g/mol. The van der Waals surface area contributed by atoms with E-state index in [2.05, 4.69) is 27.9 Å². The molecule has 2 aromatic carbocycles. The van der Waals surface area contributed by atoms with Crippen LogP contribution in [0, 0.1) is 0 Å². The molecule has 0 bridgehead atoms. The fourth-order valence-corrected chi connectivity index (χ4v) is 3.20. The maximum atomic E-state index is 8.82. The molecule has 3 N–H and O–H groups in total. The molecule has 0 saturated heterocycles. The van der Waals surface area contributed by atoms with Crippen molar-refractivity contribution in [1.82, 2.24) is 4.57 Å². The molecule has 4 aromatic rings. The van der Waals surface area contributed by atoms with Crippen LogP contribution >= 0.6 is 0 Å². The molecule has 2 aromatic heterocycles. The molecule has 0 saturated carbocycles. The summed E-state index contributed by atoms with van der Waals surface area (Å²) >= 11 is 0. The minimum atomic E-state index is -0.0494. The highest BCUT2D eigenvalue weighted by molar-refractivity contribution is 5.94. The maximum Gasteiger partial charge on any atom is 0.205 e. The van der Waals surface area contributed by atoms with E-state index in [-0.39, 0.29) is 5.84 Å². The highest BCUT2D eigenvalue weighted by atomic mass is 16.5. The molecule has 0 fully saturated rings. The molecule has 2 heterocycles. The number of aromatic nitrogens is 1. The second-order valence-corrected chi connectivity index (χ2v) is 6.16. The zero-order valence-corrected chi connectivity index (χ0v) is 14.8. The number of rotatable bonds is 5. The molecular weight excluding hydrogens is 342 g/mol. The largest absolute Gasteiger partial charge is 0.497 e. The van der Waals surface area contributed by atoms with Crippen LogP contribution in [-0.4, -0.2) is 22.7 Å². The highest BCUT2D eigenvalue weighted by Gasteiger charge is 2.14. The van der Waals surface area contributed by atoms with Crippen LogP contribution in [0.25, 0.3) is 22.2 Å². The van der Waals surface area contributed by atoms with Crippen molar-refractivity contribution in [2.24, 2.45) is 10.9 Å². The average molecular weight is 361 g/mol. The number of benzene rings is 2. The van der Waals surface area contributed by atoms with Crippen molar-refractivity contribution in [3.63, 3.8) is 0 Å². The van der Waals surface area contributed by atoms with Gasteiger partial charge >= 0.3 is 0 Å². The molecule has 0 radical (unpaired) electrons. The van der Waals surface area contributed by atoms with Crippen LogP contribution in [0.2, 0.25) is 0 Å². The Morgan fingerprint density at radius 1 is 1.11 bits per heavy atom. The van der Waals surface area contributed by atoms with Gasteiger partial charge in [0.2, 0.25) is 5.84 Å². The number of methoxy groups -OCH3 is 1. The van der Waals surface area contributed by atoms with Gasteiger partial charge in [-0.3, -0.25) is 0 Å². The first kappa shape index (κ1) is 16.8. The molecule has 6 nitrogen and oxygen atoms in total. The van der Waals surface area contributed by atoms with Gasteiger partial charge in [0.15, 0.2) is 5.76 Å². The molecule has 0 amide bonds. The van der Waals surface area contributed by atoms with Gasteiger partial charge in [-0.2, -0.15) is 0 Å². The summed E-state index contributed by atoms with van der Waals surface area (Å²) in [5.74, 6) is 1.81. The van der Waals surface area contributed by atoms with Gasteiger partial charge in [0.05, 0.1) is 13.7 Å². The van der Waals surface area contributed by atoms with Crippen molar-refractivity contribution >= 4 is 16.7 Å². The van der Waals surface area contributed by atoms with Gasteiger partial charge < -0.3 is 24.7 Å². The molecule has 136 valence electrons. The van der Waals surface area contributed by atoms with E-state index in [1.54, 1.807) is 13.2 Å². The van der Waals surface area contributed by atoms with Crippen LogP contribution in [0.15, 0.2) is 76.3 Å². The number of nitrogens with zero attached hydrogens (tertiary/aromatic N) is 2. The number of hydrogen-bond donors (Lipinski definition) is 2. The van der Waals surface area contributed by atoms with Gasteiger partial charge in [-0.15, -0.1) is 0 Å². The Hall–Kier alpha value is -3.67. The molecule has 4 rings (SSSR count). The van der Waals surface area contributed by atoms with Crippen LogP contribution in [0.4, 0.5) is 0 Å². The summed E-state index contributed by atoms with van der Waals surface area (Å²) in [6.07, 6.45) is 0. The Morgan fingerprint density at radius 3 is 2.67 bits per heavy atom. The maximum absolute atomic E-state index is 8.82. The van der Waals surface area contributed by atoms with Gasteiger partial charge in [-0.1, -0.05) is 35.5 Å². The van der Waals surface area contributed by atoms with E-state index >= 15 is 0 Å². The molecule has 0 atom stereocenters. The Morgan fingerprint density at radius 2 is 1.93 bits per heavy atom. The normalized spacial score (nSPS) is 11.8. The second kappa shape index (κ2) is 6.92. The van der Waals surface area contributed by atoms with Crippen molar-refractivity contribution in [3.8, 4) is 17.0 Å². The van der Waals surface area contributed by atoms with E-state index in [1.807, 2.05) is 42.5 Å². The number of fused-ring (bicyclic) bond motifs is 1. The zero-order chi connectivity index (χ0) is 18.8. The minimum absolute atomic E-state index is 0.0494. The quantitative estimate of drug-likeness (QED) is 0.243. The summed E-state index contributed by atoms with van der Waals surface area (Å²) in [7, 11) is 1.66. The lowest BCUT2D eigenvalue weighted by Gasteiger charge is -2.10. The summed E-state index contributed by atoms with van der Waals surface area (Å²) < 4.78 is 13.3. The van der Waals surface area contributed by atoms with Crippen LogP contribution in [0.1, 0.15) is 11.5 Å². The van der Waals surface area contributed by atoms with Gasteiger partial charge in [0, 0.05) is 16.6 Å². The van der Waals surface area contributed by atoms with E-state index in [0.717, 1.165) is 27.9 Å². The van der Waals surface area contributed by atoms with Crippen LogP contribution in [0.5, 0.6) is 5.75 Å². The smallest absolute Gasteiger partial charge is 0.205 e. The van der Waals surface area contributed by atoms with E-state index < -0.39 is 0 Å². The highest BCUT2D eigenvalue weighted by Crippen LogP contribution is 2.31. The Bertz CT molecular complexity index is 1110. The molecule has 0 aliphatic rings. The lowest BCUT2D eigenvalue weighted by molar-refractivity contribution is 0.317. The zero-order valence-electron chi connectivity index (χ0n) is 14.8. The summed E-state index contributed by atoms with van der Waals surface area (Å²) in [5, 5.41) is 12.9. The SMILES string of the molecule is COc1ccc2c(c1)cc(-c1ccccc1)n2Cc1ccc(C(N)=NO)o1.